The molecule has 32 heavy (non-hydrogen) atoms. The molecule has 7 nitrogen and oxygen atoms in total. The van der Waals surface area contributed by atoms with E-state index in [2.05, 4.69) is 11.9 Å². The van der Waals surface area contributed by atoms with Gasteiger partial charge in [0.15, 0.2) is 11.5 Å². The first-order valence-electron chi connectivity index (χ1n) is 9.86. The Kier molecular flexibility index (Phi) is 7.37. The number of imide groups is 1. The number of aryl methyl sites for hydroxylation is 2. The maximum atomic E-state index is 12.7. The molecule has 0 atom stereocenters. The van der Waals surface area contributed by atoms with Crippen molar-refractivity contribution in [3.8, 4) is 11.5 Å². The van der Waals surface area contributed by atoms with Crippen LogP contribution in [-0.2, 0) is 9.59 Å². The van der Waals surface area contributed by atoms with Crippen LogP contribution in [0.25, 0.3) is 6.08 Å². The van der Waals surface area contributed by atoms with Crippen molar-refractivity contribution in [1.29, 1.82) is 0 Å². The second-order valence-electron chi connectivity index (χ2n) is 7.13. The van der Waals surface area contributed by atoms with Crippen LogP contribution in [-0.4, -0.2) is 42.2 Å². The summed E-state index contributed by atoms with van der Waals surface area (Å²) < 4.78 is 10.9. The van der Waals surface area contributed by atoms with Crippen molar-refractivity contribution in [1.82, 2.24) is 4.90 Å². The zero-order valence-corrected chi connectivity index (χ0v) is 19.0. The Morgan fingerprint density at radius 2 is 1.91 bits per heavy atom. The molecule has 1 aliphatic rings. The highest BCUT2D eigenvalue weighted by molar-refractivity contribution is 8.18. The highest BCUT2D eigenvalue weighted by atomic mass is 32.2. The fraction of sp³-hybridized carbons (Fsp3) is 0.208. The monoisotopic (exact) mass is 452 g/mol. The molecule has 0 saturated carbocycles. The SMILES string of the molecule is C=CCOc1ccc(C=C2SC(=O)N(CC(=O)Nc3ccc(C)c(C)c3)C2=O)cc1OC. The van der Waals surface area contributed by atoms with Crippen molar-refractivity contribution in [2.75, 3.05) is 25.6 Å². The van der Waals surface area contributed by atoms with E-state index in [1.807, 2.05) is 26.0 Å². The third kappa shape index (κ3) is 5.39. The number of methoxy groups -OCH3 is 1. The summed E-state index contributed by atoms with van der Waals surface area (Å²) in [5, 5.41) is 2.24. The highest BCUT2D eigenvalue weighted by Crippen LogP contribution is 2.34. The first-order valence-corrected chi connectivity index (χ1v) is 10.7. The van der Waals surface area contributed by atoms with Crippen LogP contribution in [0.2, 0.25) is 0 Å². The fourth-order valence-electron chi connectivity index (χ4n) is 2.99. The molecule has 0 aromatic heterocycles. The third-order valence-electron chi connectivity index (χ3n) is 4.81. The molecule has 0 radical (unpaired) electrons. The summed E-state index contributed by atoms with van der Waals surface area (Å²) in [5.41, 5.74) is 3.42. The topological polar surface area (TPSA) is 84.9 Å². The summed E-state index contributed by atoms with van der Waals surface area (Å²) in [6.07, 6.45) is 3.21. The second kappa shape index (κ2) is 10.2. The van der Waals surface area contributed by atoms with Crippen molar-refractivity contribution in [3.63, 3.8) is 0 Å². The van der Waals surface area contributed by atoms with Crippen LogP contribution in [0.4, 0.5) is 10.5 Å². The van der Waals surface area contributed by atoms with E-state index in [-0.39, 0.29) is 11.4 Å². The Morgan fingerprint density at radius 1 is 1.12 bits per heavy atom. The van der Waals surface area contributed by atoms with Crippen LogP contribution in [0.5, 0.6) is 11.5 Å². The van der Waals surface area contributed by atoms with Crippen LogP contribution in [0, 0.1) is 13.8 Å². The highest BCUT2D eigenvalue weighted by Gasteiger charge is 2.36. The number of hydrogen-bond donors (Lipinski definition) is 1. The largest absolute Gasteiger partial charge is 0.493 e. The summed E-state index contributed by atoms with van der Waals surface area (Å²) >= 11 is 0.794. The number of anilines is 1. The van der Waals surface area contributed by atoms with Gasteiger partial charge < -0.3 is 14.8 Å². The number of amides is 3. The van der Waals surface area contributed by atoms with Crippen molar-refractivity contribution < 1.29 is 23.9 Å². The molecular weight excluding hydrogens is 428 g/mol. The van der Waals surface area contributed by atoms with Gasteiger partial charge in [0.25, 0.3) is 11.1 Å². The number of benzene rings is 2. The van der Waals surface area contributed by atoms with Crippen LogP contribution in [0.15, 0.2) is 54.0 Å². The van der Waals surface area contributed by atoms with Crippen LogP contribution in [0.1, 0.15) is 16.7 Å². The van der Waals surface area contributed by atoms with Crippen LogP contribution in [0.3, 0.4) is 0 Å². The number of ether oxygens (including phenoxy) is 2. The quantitative estimate of drug-likeness (QED) is 0.467. The van der Waals surface area contributed by atoms with E-state index in [0.29, 0.717) is 29.4 Å². The predicted molar refractivity (Wildman–Crippen MR) is 126 cm³/mol. The number of nitrogens with zero attached hydrogens (tertiary/aromatic N) is 1. The van der Waals surface area contributed by atoms with Gasteiger partial charge in [-0.05, 0) is 72.6 Å². The maximum Gasteiger partial charge on any atom is 0.294 e. The van der Waals surface area contributed by atoms with Gasteiger partial charge in [-0.25, -0.2) is 0 Å². The summed E-state index contributed by atoms with van der Waals surface area (Å²) in [6.45, 7) is 7.51. The van der Waals surface area contributed by atoms with Crippen LogP contribution < -0.4 is 14.8 Å². The maximum absolute atomic E-state index is 12.7. The lowest BCUT2D eigenvalue weighted by molar-refractivity contribution is -0.127. The zero-order chi connectivity index (χ0) is 23.3. The minimum absolute atomic E-state index is 0.232. The Bertz CT molecular complexity index is 1110. The molecule has 1 saturated heterocycles. The van der Waals surface area contributed by atoms with E-state index in [1.54, 1.807) is 36.4 Å². The molecule has 0 spiro atoms. The molecular formula is C24H24N2O5S. The van der Waals surface area contributed by atoms with Gasteiger partial charge in [0, 0.05) is 5.69 Å². The lowest BCUT2D eigenvalue weighted by Gasteiger charge is -2.13. The van der Waals surface area contributed by atoms with Crippen molar-refractivity contribution in [2.45, 2.75) is 13.8 Å². The van der Waals surface area contributed by atoms with E-state index in [1.165, 1.54) is 7.11 Å². The first-order chi connectivity index (χ1) is 15.3. The molecule has 0 aliphatic carbocycles. The zero-order valence-electron chi connectivity index (χ0n) is 18.1. The van der Waals surface area contributed by atoms with Gasteiger partial charge in [0.1, 0.15) is 13.2 Å². The van der Waals surface area contributed by atoms with Gasteiger partial charge in [0.2, 0.25) is 5.91 Å². The average molecular weight is 453 g/mol. The number of nitrogens with one attached hydrogen (secondary N) is 1. The summed E-state index contributed by atoms with van der Waals surface area (Å²) in [5.74, 6) is 0.0802. The number of carbonyl (C=O) groups is 3. The summed E-state index contributed by atoms with van der Waals surface area (Å²) in [7, 11) is 1.52. The Balaban J connectivity index is 1.71. The van der Waals surface area contributed by atoms with Gasteiger partial charge >= 0.3 is 0 Å². The van der Waals surface area contributed by atoms with E-state index in [0.717, 1.165) is 27.8 Å². The Morgan fingerprint density at radius 3 is 2.59 bits per heavy atom. The lowest BCUT2D eigenvalue weighted by Crippen LogP contribution is -2.36. The molecule has 2 aromatic rings. The number of carbonyl (C=O) groups excluding carboxylic acids is 3. The Labute approximate surface area is 191 Å². The molecule has 3 rings (SSSR count). The molecule has 3 amide bonds. The van der Waals surface area contributed by atoms with Crippen LogP contribution >= 0.6 is 11.8 Å². The van der Waals surface area contributed by atoms with Gasteiger partial charge in [-0.3, -0.25) is 19.3 Å². The normalized spacial score (nSPS) is 14.6. The molecule has 8 heteroatoms. The molecule has 1 fully saturated rings. The van der Waals surface area contributed by atoms with Gasteiger partial charge in [0.05, 0.1) is 12.0 Å². The van der Waals surface area contributed by atoms with Crippen molar-refractivity contribution in [3.05, 3.63) is 70.6 Å². The molecule has 166 valence electrons. The minimum Gasteiger partial charge on any atom is -0.493 e. The summed E-state index contributed by atoms with van der Waals surface area (Å²) in [4.78, 5) is 38.7. The van der Waals surface area contributed by atoms with Gasteiger partial charge in [-0.15, -0.1) is 0 Å². The second-order valence-corrected chi connectivity index (χ2v) is 8.12. The number of rotatable bonds is 8. The molecule has 1 N–H and O–H groups in total. The van der Waals surface area contributed by atoms with E-state index >= 15 is 0 Å². The Hall–Kier alpha value is -3.52. The predicted octanol–water partition coefficient (Wildman–Crippen LogP) is 4.55. The third-order valence-corrected chi connectivity index (χ3v) is 5.72. The summed E-state index contributed by atoms with van der Waals surface area (Å²) in [6, 6.07) is 10.7. The lowest BCUT2D eigenvalue weighted by atomic mass is 10.1. The van der Waals surface area contributed by atoms with Crippen molar-refractivity contribution in [2.24, 2.45) is 0 Å². The van der Waals surface area contributed by atoms with E-state index in [4.69, 9.17) is 9.47 Å². The number of thioether (sulfide) groups is 1. The molecule has 1 heterocycles. The smallest absolute Gasteiger partial charge is 0.294 e. The van der Waals surface area contributed by atoms with E-state index < -0.39 is 17.1 Å². The van der Waals surface area contributed by atoms with E-state index in [9.17, 15) is 14.4 Å². The average Bonchev–Trinajstić information content (AvgIpc) is 3.02. The molecule has 0 bridgehead atoms. The van der Waals surface area contributed by atoms with Crippen molar-refractivity contribution >= 4 is 40.6 Å². The fourth-order valence-corrected chi connectivity index (χ4v) is 3.83. The number of hydrogen-bond acceptors (Lipinski definition) is 6. The minimum atomic E-state index is -0.513. The molecule has 2 aromatic carbocycles. The molecule has 0 unspecified atom stereocenters. The molecule has 1 aliphatic heterocycles. The first kappa shape index (κ1) is 23.1. The standard InChI is InChI=1S/C24H24N2O5S/c1-5-10-31-19-9-7-17(12-20(19)30-4)13-21-23(28)26(24(29)32-21)14-22(27)25-18-8-6-15(2)16(3)11-18/h5-9,11-13H,1,10,14H2,2-4H3,(H,25,27). The van der Waals surface area contributed by atoms with Gasteiger partial charge in [-0.1, -0.05) is 24.8 Å². The van der Waals surface area contributed by atoms with Gasteiger partial charge in [-0.2, -0.15) is 0 Å².